The molecule has 208 valence electrons. The van der Waals surface area contributed by atoms with Crippen LogP contribution in [0, 0.1) is 13.8 Å². The normalized spacial score (nSPS) is 11.9. The Hall–Kier alpha value is -3.85. The number of benzene rings is 3. The highest BCUT2D eigenvalue weighted by Crippen LogP contribution is 2.33. The van der Waals surface area contributed by atoms with Crippen molar-refractivity contribution in [3.8, 4) is 5.75 Å². The van der Waals surface area contributed by atoms with Crippen LogP contribution in [0.5, 0.6) is 5.75 Å². The SMILES string of the molecule is CCNC(=O)[C@@H](CC)N(Cc1ccc(C)cc1)C(=O)CN(c1cc(C)ccc1OC)S(=O)(=O)c1ccccc1. The summed E-state index contributed by atoms with van der Waals surface area (Å²) in [5.74, 6) is -0.475. The molecule has 0 saturated heterocycles. The Labute approximate surface area is 231 Å². The number of carbonyl (C=O) groups is 2. The second-order valence-electron chi connectivity index (χ2n) is 9.33. The molecule has 1 N–H and O–H groups in total. The van der Waals surface area contributed by atoms with Crippen molar-refractivity contribution in [2.45, 2.75) is 51.6 Å². The van der Waals surface area contributed by atoms with Crippen LogP contribution in [0.15, 0.2) is 77.7 Å². The Morgan fingerprint density at radius 1 is 0.923 bits per heavy atom. The molecule has 3 aromatic carbocycles. The summed E-state index contributed by atoms with van der Waals surface area (Å²) >= 11 is 0. The molecule has 0 aliphatic heterocycles. The highest BCUT2D eigenvalue weighted by Gasteiger charge is 2.34. The summed E-state index contributed by atoms with van der Waals surface area (Å²) in [7, 11) is -2.71. The third kappa shape index (κ3) is 7.17. The number of ether oxygens (including phenoxy) is 1. The lowest BCUT2D eigenvalue weighted by Gasteiger charge is -2.33. The first kappa shape index (κ1) is 29.7. The van der Waals surface area contributed by atoms with E-state index in [1.165, 1.54) is 24.1 Å². The van der Waals surface area contributed by atoms with Gasteiger partial charge in [-0.05, 0) is 62.6 Å². The predicted octanol–water partition coefficient (Wildman–Crippen LogP) is 4.45. The van der Waals surface area contributed by atoms with Crippen LogP contribution in [0.25, 0.3) is 0 Å². The molecule has 3 rings (SSSR count). The molecule has 0 spiro atoms. The maximum Gasteiger partial charge on any atom is 0.264 e. The lowest BCUT2D eigenvalue weighted by molar-refractivity contribution is -0.140. The van der Waals surface area contributed by atoms with Crippen molar-refractivity contribution in [1.29, 1.82) is 0 Å². The maximum absolute atomic E-state index is 14.1. The van der Waals surface area contributed by atoms with E-state index in [4.69, 9.17) is 4.74 Å². The topological polar surface area (TPSA) is 96.0 Å². The van der Waals surface area contributed by atoms with Gasteiger partial charge in [-0.2, -0.15) is 0 Å². The van der Waals surface area contributed by atoms with Crippen molar-refractivity contribution in [3.63, 3.8) is 0 Å². The van der Waals surface area contributed by atoms with Gasteiger partial charge >= 0.3 is 0 Å². The van der Waals surface area contributed by atoms with Gasteiger partial charge in [-0.3, -0.25) is 13.9 Å². The maximum atomic E-state index is 14.1. The smallest absolute Gasteiger partial charge is 0.264 e. The van der Waals surface area contributed by atoms with Crippen molar-refractivity contribution < 1.29 is 22.7 Å². The molecule has 0 aliphatic carbocycles. The number of likely N-dealkylation sites (N-methyl/N-ethyl adjacent to an activating group) is 1. The molecule has 0 bridgehead atoms. The molecule has 8 nitrogen and oxygen atoms in total. The monoisotopic (exact) mass is 551 g/mol. The number of hydrogen-bond acceptors (Lipinski definition) is 5. The number of nitrogens with one attached hydrogen (secondary N) is 1. The van der Waals surface area contributed by atoms with Crippen LogP contribution in [-0.4, -0.2) is 51.4 Å². The first-order chi connectivity index (χ1) is 18.6. The Morgan fingerprint density at radius 3 is 2.15 bits per heavy atom. The first-order valence-corrected chi connectivity index (χ1v) is 14.4. The van der Waals surface area contributed by atoms with Gasteiger partial charge in [0.25, 0.3) is 10.0 Å². The van der Waals surface area contributed by atoms with E-state index in [2.05, 4.69) is 5.32 Å². The number of aryl methyl sites for hydroxylation is 2. The molecule has 1 atom stereocenters. The largest absolute Gasteiger partial charge is 0.495 e. The number of sulfonamides is 1. The summed E-state index contributed by atoms with van der Waals surface area (Å²) in [5, 5.41) is 2.81. The van der Waals surface area contributed by atoms with E-state index < -0.39 is 28.5 Å². The molecule has 0 radical (unpaired) electrons. The van der Waals surface area contributed by atoms with Crippen LogP contribution >= 0.6 is 0 Å². The molecule has 0 aromatic heterocycles. The van der Waals surface area contributed by atoms with Gasteiger partial charge in [0, 0.05) is 13.1 Å². The Morgan fingerprint density at radius 2 is 1.56 bits per heavy atom. The highest BCUT2D eigenvalue weighted by atomic mass is 32.2. The van der Waals surface area contributed by atoms with Crippen molar-refractivity contribution in [2.24, 2.45) is 0 Å². The molecule has 3 aromatic rings. The van der Waals surface area contributed by atoms with Gasteiger partial charge in [0.05, 0.1) is 17.7 Å². The van der Waals surface area contributed by atoms with Crippen LogP contribution in [-0.2, 0) is 26.2 Å². The number of amides is 2. The van der Waals surface area contributed by atoms with E-state index in [0.29, 0.717) is 18.7 Å². The molecule has 0 fully saturated rings. The summed E-state index contributed by atoms with van der Waals surface area (Å²) in [4.78, 5) is 28.6. The van der Waals surface area contributed by atoms with Gasteiger partial charge in [-0.1, -0.05) is 61.0 Å². The van der Waals surface area contributed by atoms with Gasteiger partial charge < -0.3 is 15.0 Å². The minimum absolute atomic E-state index is 0.0437. The zero-order valence-corrected chi connectivity index (χ0v) is 24.0. The summed E-state index contributed by atoms with van der Waals surface area (Å²) in [6.07, 6.45) is 0.364. The van der Waals surface area contributed by atoms with E-state index >= 15 is 0 Å². The number of methoxy groups -OCH3 is 1. The number of hydrogen-bond donors (Lipinski definition) is 1. The Bertz CT molecular complexity index is 1380. The van der Waals surface area contributed by atoms with E-state index in [-0.39, 0.29) is 23.0 Å². The molecule has 0 unspecified atom stereocenters. The van der Waals surface area contributed by atoms with E-state index in [1.807, 2.05) is 58.0 Å². The molecule has 0 aliphatic rings. The zero-order valence-electron chi connectivity index (χ0n) is 23.2. The summed E-state index contributed by atoms with van der Waals surface area (Å²) in [6, 6.07) is 20.0. The van der Waals surface area contributed by atoms with Crippen LogP contribution in [0.1, 0.15) is 37.0 Å². The summed E-state index contributed by atoms with van der Waals surface area (Å²) < 4.78 is 34.5. The van der Waals surface area contributed by atoms with Gasteiger partial charge in [0.15, 0.2) is 0 Å². The van der Waals surface area contributed by atoms with E-state index in [0.717, 1.165) is 21.0 Å². The Kier molecular flexibility index (Phi) is 10.1. The van der Waals surface area contributed by atoms with Gasteiger partial charge in [-0.25, -0.2) is 8.42 Å². The van der Waals surface area contributed by atoms with E-state index in [9.17, 15) is 18.0 Å². The summed E-state index contributed by atoms with van der Waals surface area (Å²) in [5.41, 5.74) is 2.95. The van der Waals surface area contributed by atoms with Crippen molar-refractivity contribution >= 4 is 27.5 Å². The number of rotatable bonds is 12. The molecule has 0 heterocycles. The molecule has 2 amide bonds. The predicted molar refractivity (Wildman–Crippen MR) is 153 cm³/mol. The average Bonchev–Trinajstić information content (AvgIpc) is 2.93. The van der Waals surface area contributed by atoms with Gasteiger partial charge in [0.1, 0.15) is 18.3 Å². The second kappa shape index (κ2) is 13.3. The highest BCUT2D eigenvalue weighted by molar-refractivity contribution is 7.92. The first-order valence-electron chi connectivity index (χ1n) is 13.0. The van der Waals surface area contributed by atoms with Crippen LogP contribution in [0.4, 0.5) is 5.69 Å². The fraction of sp³-hybridized carbons (Fsp3) is 0.333. The van der Waals surface area contributed by atoms with Crippen molar-refractivity contribution in [2.75, 3.05) is 24.5 Å². The molecule has 9 heteroatoms. The lowest BCUT2D eigenvalue weighted by Crippen LogP contribution is -2.52. The van der Waals surface area contributed by atoms with E-state index in [1.54, 1.807) is 30.3 Å². The average molecular weight is 552 g/mol. The zero-order chi connectivity index (χ0) is 28.6. The molecule has 0 saturated carbocycles. The summed E-state index contributed by atoms with van der Waals surface area (Å²) in [6.45, 7) is 7.50. The third-order valence-electron chi connectivity index (χ3n) is 6.42. The van der Waals surface area contributed by atoms with Crippen LogP contribution in [0.2, 0.25) is 0 Å². The number of nitrogens with zero attached hydrogens (tertiary/aromatic N) is 2. The molecular weight excluding hydrogens is 514 g/mol. The minimum atomic E-state index is -4.17. The lowest BCUT2D eigenvalue weighted by atomic mass is 10.1. The quantitative estimate of drug-likeness (QED) is 0.359. The fourth-order valence-electron chi connectivity index (χ4n) is 4.33. The minimum Gasteiger partial charge on any atom is -0.495 e. The molecular formula is C30H37N3O5S. The van der Waals surface area contributed by atoms with Gasteiger partial charge in [0.2, 0.25) is 11.8 Å². The third-order valence-corrected chi connectivity index (χ3v) is 8.20. The standard InChI is InChI=1S/C30H37N3O5S/c1-6-26(30(35)31-7-2)32(20-24-16-13-22(3)14-17-24)29(34)21-33(27-19-23(4)15-18-28(27)38-5)39(36,37)25-11-9-8-10-12-25/h8-19,26H,6-7,20-21H2,1-5H3,(H,31,35)/t26-/m1/s1. The van der Waals surface area contributed by atoms with Crippen molar-refractivity contribution in [1.82, 2.24) is 10.2 Å². The fourth-order valence-corrected chi connectivity index (χ4v) is 5.77. The van der Waals surface area contributed by atoms with Crippen LogP contribution < -0.4 is 14.4 Å². The molecule has 39 heavy (non-hydrogen) atoms. The second-order valence-corrected chi connectivity index (χ2v) is 11.2. The van der Waals surface area contributed by atoms with Gasteiger partial charge in [-0.15, -0.1) is 0 Å². The number of anilines is 1. The van der Waals surface area contributed by atoms with Crippen LogP contribution in [0.3, 0.4) is 0 Å². The Balaban J connectivity index is 2.11. The van der Waals surface area contributed by atoms with Crippen molar-refractivity contribution in [3.05, 3.63) is 89.5 Å². The number of carbonyl (C=O) groups excluding carboxylic acids is 2.